The molecule has 0 fully saturated rings. The molecule has 0 aromatic carbocycles. The van der Waals surface area contributed by atoms with Crippen molar-refractivity contribution < 1.29 is 39.0 Å². The maximum atomic E-state index is 12.8. The molecule has 33 heavy (non-hydrogen) atoms. The van der Waals surface area contributed by atoms with Gasteiger partial charge in [-0.15, -0.1) is 0 Å². The normalized spacial score (nSPS) is 14.6. The third-order valence-corrected chi connectivity index (χ3v) is 4.84. The average Bonchev–Trinajstić information content (AvgIpc) is 2.70. The SMILES string of the molecule is CC(C)C(N)C(=O)NC(CCC(N)=O)C(=O)NC(C(=O)NC(CCC(=O)O)C(=O)O)C(C)C. The van der Waals surface area contributed by atoms with E-state index in [0.717, 1.165) is 0 Å². The van der Waals surface area contributed by atoms with E-state index in [0.29, 0.717) is 0 Å². The summed E-state index contributed by atoms with van der Waals surface area (Å²) in [6, 6.07) is -4.80. The number of carbonyl (C=O) groups is 6. The summed E-state index contributed by atoms with van der Waals surface area (Å²) >= 11 is 0. The number of rotatable bonds is 15. The lowest BCUT2D eigenvalue weighted by Gasteiger charge is -2.27. The van der Waals surface area contributed by atoms with Crippen LogP contribution in [0.5, 0.6) is 0 Å². The first-order valence-corrected chi connectivity index (χ1v) is 10.6. The first kappa shape index (κ1) is 29.8. The Hall–Kier alpha value is -3.22. The second-order valence-corrected chi connectivity index (χ2v) is 8.40. The molecule has 188 valence electrons. The fraction of sp³-hybridized carbons (Fsp3) is 0.700. The monoisotopic (exact) mass is 473 g/mol. The Bertz CT molecular complexity index is 740. The number of nitrogens with one attached hydrogen (secondary N) is 3. The molecule has 13 nitrogen and oxygen atoms in total. The van der Waals surface area contributed by atoms with E-state index in [2.05, 4.69) is 16.0 Å². The van der Waals surface area contributed by atoms with E-state index >= 15 is 0 Å². The van der Waals surface area contributed by atoms with E-state index in [4.69, 9.17) is 16.6 Å². The van der Waals surface area contributed by atoms with Gasteiger partial charge in [0.25, 0.3) is 0 Å². The van der Waals surface area contributed by atoms with Gasteiger partial charge in [0.05, 0.1) is 6.04 Å². The molecule has 0 heterocycles. The lowest BCUT2D eigenvalue weighted by atomic mass is 10.0. The highest BCUT2D eigenvalue weighted by Gasteiger charge is 2.32. The largest absolute Gasteiger partial charge is 0.481 e. The zero-order chi connectivity index (χ0) is 25.9. The van der Waals surface area contributed by atoms with Crippen molar-refractivity contribution in [1.82, 2.24) is 16.0 Å². The van der Waals surface area contributed by atoms with Crippen LogP contribution in [-0.4, -0.2) is 69.9 Å². The molecule has 0 saturated heterocycles. The lowest BCUT2D eigenvalue weighted by Crippen LogP contribution is -2.58. The summed E-state index contributed by atoms with van der Waals surface area (Å²) in [5.74, 6) is -6.31. The minimum Gasteiger partial charge on any atom is -0.481 e. The van der Waals surface area contributed by atoms with Gasteiger partial charge in [-0.25, -0.2) is 4.79 Å². The first-order valence-electron chi connectivity index (χ1n) is 10.6. The molecule has 0 aromatic heterocycles. The van der Waals surface area contributed by atoms with E-state index < -0.39 is 72.1 Å². The Morgan fingerprint density at radius 3 is 1.67 bits per heavy atom. The maximum Gasteiger partial charge on any atom is 0.326 e. The lowest BCUT2D eigenvalue weighted by molar-refractivity contribution is -0.143. The highest BCUT2D eigenvalue weighted by Crippen LogP contribution is 2.08. The van der Waals surface area contributed by atoms with Crippen molar-refractivity contribution in [3.05, 3.63) is 0 Å². The van der Waals surface area contributed by atoms with Crippen LogP contribution < -0.4 is 27.4 Å². The molecule has 0 rings (SSSR count). The number of amides is 4. The van der Waals surface area contributed by atoms with Gasteiger partial charge < -0.3 is 37.6 Å². The Morgan fingerprint density at radius 2 is 1.24 bits per heavy atom. The Morgan fingerprint density at radius 1 is 0.727 bits per heavy atom. The average molecular weight is 474 g/mol. The van der Waals surface area contributed by atoms with Crippen molar-refractivity contribution in [2.75, 3.05) is 0 Å². The van der Waals surface area contributed by atoms with Gasteiger partial charge in [0, 0.05) is 12.8 Å². The summed E-state index contributed by atoms with van der Waals surface area (Å²) in [6.07, 6.45) is -1.18. The second-order valence-electron chi connectivity index (χ2n) is 8.40. The third kappa shape index (κ3) is 11.3. The minimum absolute atomic E-state index is 0.138. The number of primary amides is 1. The van der Waals surface area contributed by atoms with Crippen LogP contribution in [-0.2, 0) is 28.8 Å². The van der Waals surface area contributed by atoms with E-state index in [-0.39, 0.29) is 25.2 Å². The quantitative estimate of drug-likeness (QED) is 0.143. The molecule has 0 saturated carbocycles. The maximum absolute atomic E-state index is 12.8. The molecular formula is C20H35N5O8. The van der Waals surface area contributed by atoms with Crippen molar-refractivity contribution in [3.8, 4) is 0 Å². The Kier molecular flexibility index (Phi) is 12.7. The molecule has 4 amide bonds. The van der Waals surface area contributed by atoms with E-state index in [1.807, 2.05) is 0 Å². The fourth-order valence-electron chi connectivity index (χ4n) is 2.70. The molecule has 9 N–H and O–H groups in total. The van der Waals surface area contributed by atoms with Gasteiger partial charge in [-0.2, -0.15) is 0 Å². The number of carboxylic acid groups (broad SMARTS) is 2. The Balaban J connectivity index is 5.49. The van der Waals surface area contributed by atoms with Crippen LogP contribution in [0, 0.1) is 11.8 Å². The zero-order valence-corrected chi connectivity index (χ0v) is 19.3. The summed E-state index contributed by atoms with van der Waals surface area (Å²) in [5, 5.41) is 25.1. The van der Waals surface area contributed by atoms with E-state index in [1.54, 1.807) is 27.7 Å². The highest BCUT2D eigenvalue weighted by atomic mass is 16.4. The third-order valence-electron chi connectivity index (χ3n) is 4.84. The molecule has 0 spiro atoms. The predicted molar refractivity (Wildman–Crippen MR) is 116 cm³/mol. The van der Waals surface area contributed by atoms with E-state index in [9.17, 15) is 33.9 Å². The second kappa shape index (κ2) is 14.0. The van der Waals surface area contributed by atoms with Crippen molar-refractivity contribution in [2.45, 2.75) is 77.5 Å². The van der Waals surface area contributed by atoms with Crippen LogP contribution in [0.4, 0.5) is 0 Å². The Labute approximate surface area is 192 Å². The van der Waals surface area contributed by atoms with Crippen molar-refractivity contribution in [3.63, 3.8) is 0 Å². The van der Waals surface area contributed by atoms with Gasteiger partial charge in [0.2, 0.25) is 23.6 Å². The zero-order valence-electron chi connectivity index (χ0n) is 19.3. The molecule has 13 heteroatoms. The van der Waals surface area contributed by atoms with Crippen LogP contribution in [0.1, 0.15) is 53.4 Å². The topological polar surface area (TPSA) is 231 Å². The van der Waals surface area contributed by atoms with Crippen LogP contribution >= 0.6 is 0 Å². The van der Waals surface area contributed by atoms with Gasteiger partial charge in [-0.05, 0) is 24.7 Å². The van der Waals surface area contributed by atoms with Crippen molar-refractivity contribution in [1.29, 1.82) is 0 Å². The van der Waals surface area contributed by atoms with Crippen LogP contribution in [0.3, 0.4) is 0 Å². The number of nitrogens with two attached hydrogens (primary N) is 2. The van der Waals surface area contributed by atoms with Crippen LogP contribution in [0.15, 0.2) is 0 Å². The summed E-state index contributed by atoms with van der Waals surface area (Å²) in [7, 11) is 0. The smallest absolute Gasteiger partial charge is 0.326 e. The molecule has 0 aromatic rings. The summed E-state index contributed by atoms with van der Waals surface area (Å²) in [4.78, 5) is 71.1. The molecule has 0 aliphatic carbocycles. The summed E-state index contributed by atoms with van der Waals surface area (Å²) < 4.78 is 0. The minimum atomic E-state index is -1.47. The van der Waals surface area contributed by atoms with Gasteiger partial charge in [0.1, 0.15) is 18.1 Å². The number of hydrogen-bond donors (Lipinski definition) is 7. The van der Waals surface area contributed by atoms with Crippen molar-refractivity contribution in [2.24, 2.45) is 23.3 Å². The molecule has 4 unspecified atom stereocenters. The molecular weight excluding hydrogens is 438 g/mol. The standard InChI is InChI=1S/C20H35N5O8/c1-9(2)15(22)18(30)23-11(5-7-13(21)26)17(29)25-16(10(3)4)19(31)24-12(20(32)33)6-8-14(27)28/h9-12,15-16H,5-8,22H2,1-4H3,(H2,21,26)(H,23,30)(H,24,31)(H,25,29)(H,27,28)(H,32,33). The van der Waals surface area contributed by atoms with Gasteiger partial charge in [0.15, 0.2) is 0 Å². The predicted octanol–water partition coefficient (Wildman–Crippen LogP) is -1.70. The van der Waals surface area contributed by atoms with Crippen LogP contribution in [0.2, 0.25) is 0 Å². The fourth-order valence-corrected chi connectivity index (χ4v) is 2.70. The highest BCUT2D eigenvalue weighted by molar-refractivity contribution is 5.94. The number of hydrogen-bond acceptors (Lipinski definition) is 7. The van der Waals surface area contributed by atoms with Crippen LogP contribution in [0.25, 0.3) is 0 Å². The number of carboxylic acids is 2. The molecule has 0 bridgehead atoms. The van der Waals surface area contributed by atoms with Gasteiger partial charge in [-0.3, -0.25) is 24.0 Å². The summed E-state index contributed by atoms with van der Waals surface area (Å²) in [6.45, 7) is 6.63. The molecule has 4 atom stereocenters. The van der Waals surface area contributed by atoms with Gasteiger partial charge >= 0.3 is 11.9 Å². The molecule has 0 aliphatic rings. The molecule has 0 aliphatic heterocycles. The first-order chi connectivity index (χ1) is 15.2. The van der Waals surface area contributed by atoms with E-state index in [1.165, 1.54) is 0 Å². The molecule has 0 radical (unpaired) electrons. The number of aliphatic carboxylic acids is 2. The number of carbonyl (C=O) groups excluding carboxylic acids is 4. The van der Waals surface area contributed by atoms with Crippen molar-refractivity contribution >= 4 is 35.6 Å². The van der Waals surface area contributed by atoms with Gasteiger partial charge in [-0.1, -0.05) is 27.7 Å². The summed E-state index contributed by atoms with van der Waals surface area (Å²) in [5.41, 5.74) is 10.9.